The number of nitriles is 1. The van der Waals surface area contributed by atoms with Crippen LogP contribution in [-0.2, 0) is 16.4 Å². The first-order chi connectivity index (χ1) is 19.2. The van der Waals surface area contributed by atoms with Crippen molar-refractivity contribution in [1.82, 2.24) is 9.71 Å². The maximum Gasteiger partial charge on any atom is 0.341 e. The molecule has 2 aromatic carbocycles. The molecule has 0 aliphatic heterocycles. The summed E-state index contributed by atoms with van der Waals surface area (Å²) in [7, 11) is -2.43. The van der Waals surface area contributed by atoms with Crippen LogP contribution < -0.4 is 14.9 Å². The number of benzene rings is 2. The second-order valence-electron chi connectivity index (χ2n) is 10.1. The summed E-state index contributed by atoms with van der Waals surface area (Å²) in [5.74, 6) is -0.611. The number of aromatic amines is 1. The van der Waals surface area contributed by atoms with Gasteiger partial charge in [0, 0.05) is 27.6 Å². The standard InChI is InChI=1S/C29H25N3O6S2/c1-38-28-25(17(15-9-10-15)11-19-26(28)31-14-20(27(19)33)29(34)35)23-12-18-21(6-4-7-22(18)39-23)32-40(36,37)24-8-3-2-5-16(24)13-30/h2-3,5,8,11-12,14-15,21,32H,4,6-7,9-10H2,1H3,(H,31,33)(H,34,35). The van der Waals surface area contributed by atoms with Crippen LogP contribution in [0.4, 0.5) is 0 Å². The fourth-order valence-corrected chi connectivity index (χ4v) is 8.27. The van der Waals surface area contributed by atoms with Crippen LogP contribution in [-0.4, -0.2) is 31.6 Å². The highest BCUT2D eigenvalue weighted by atomic mass is 32.2. The zero-order valence-corrected chi connectivity index (χ0v) is 23.1. The van der Waals surface area contributed by atoms with Crippen molar-refractivity contribution in [2.24, 2.45) is 0 Å². The lowest BCUT2D eigenvalue weighted by Gasteiger charge is -2.23. The molecule has 204 valence electrons. The number of rotatable bonds is 7. The van der Waals surface area contributed by atoms with E-state index < -0.39 is 27.5 Å². The molecule has 0 saturated heterocycles. The number of carbonyl (C=O) groups is 1. The van der Waals surface area contributed by atoms with E-state index >= 15 is 0 Å². The Morgan fingerprint density at radius 3 is 2.67 bits per heavy atom. The minimum Gasteiger partial charge on any atom is -0.494 e. The van der Waals surface area contributed by atoms with Crippen molar-refractivity contribution < 1.29 is 23.1 Å². The number of methoxy groups -OCH3 is 1. The highest BCUT2D eigenvalue weighted by molar-refractivity contribution is 7.89. The Hall–Kier alpha value is -3.98. The van der Waals surface area contributed by atoms with E-state index in [1.165, 1.54) is 25.4 Å². The Bertz CT molecular complexity index is 1900. The topological polar surface area (TPSA) is 149 Å². The molecule has 1 saturated carbocycles. The maximum atomic E-state index is 13.3. The second kappa shape index (κ2) is 9.89. The molecule has 4 aromatic rings. The molecular formula is C29H25N3O6S2. The molecule has 1 fully saturated rings. The summed E-state index contributed by atoms with van der Waals surface area (Å²) in [6.07, 6.45) is 5.32. The van der Waals surface area contributed by atoms with Gasteiger partial charge in [-0.25, -0.2) is 17.9 Å². The normalized spacial score (nSPS) is 16.9. The first kappa shape index (κ1) is 26.3. The van der Waals surface area contributed by atoms with Crippen molar-refractivity contribution >= 4 is 38.2 Å². The van der Waals surface area contributed by atoms with Crippen molar-refractivity contribution in [2.75, 3.05) is 7.11 Å². The number of carboxylic acids is 1. The highest BCUT2D eigenvalue weighted by Gasteiger charge is 2.34. The zero-order chi connectivity index (χ0) is 28.2. The summed E-state index contributed by atoms with van der Waals surface area (Å²) in [6, 6.07) is 11.4. The van der Waals surface area contributed by atoms with Crippen LogP contribution in [0.5, 0.6) is 5.75 Å². The first-order valence-corrected chi connectivity index (χ1v) is 15.2. The maximum absolute atomic E-state index is 13.3. The molecule has 1 atom stereocenters. The van der Waals surface area contributed by atoms with Gasteiger partial charge in [0.05, 0.1) is 28.5 Å². The number of hydrogen-bond donors (Lipinski definition) is 3. The Morgan fingerprint density at radius 1 is 1.20 bits per heavy atom. The molecule has 0 bridgehead atoms. The summed E-state index contributed by atoms with van der Waals surface area (Å²) in [5, 5.41) is 19.2. The van der Waals surface area contributed by atoms with E-state index in [9.17, 15) is 28.4 Å². The lowest BCUT2D eigenvalue weighted by Crippen LogP contribution is -2.31. The van der Waals surface area contributed by atoms with Gasteiger partial charge in [0.15, 0.2) is 5.75 Å². The molecule has 6 rings (SSSR count). The van der Waals surface area contributed by atoms with Gasteiger partial charge in [-0.05, 0) is 73.4 Å². The molecule has 2 heterocycles. The van der Waals surface area contributed by atoms with Gasteiger partial charge >= 0.3 is 5.97 Å². The quantitative estimate of drug-likeness (QED) is 0.279. The third-order valence-electron chi connectivity index (χ3n) is 7.57. The van der Waals surface area contributed by atoms with Crippen molar-refractivity contribution in [2.45, 2.75) is 49.0 Å². The number of ether oxygens (including phenoxy) is 1. The molecule has 0 amide bonds. The number of nitrogens with one attached hydrogen (secondary N) is 2. The zero-order valence-electron chi connectivity index (χ0n) is 21.5. The molecule has 0 radical (unpaired) electrons. The number of carboxylic acid groups (broad SMARTS) is 1. The van der Waals surface area contributed by atoms with Crippen LogP contribution >= 0.6 is 11.3 Å². The molecular weight excluding hydrogens is 550 g/mol. The molecule has 0 spiro atoms. The van der Waals surface area contributed by atoms with Crippen molar-refractivity contribution in [3.63, 3.8) is 0 Å². The van der Waals surface area contributed by atoms with Crippen molar-refractivity contribution in [3.05, 3.63) is 79.9 Å². The summed E-state index contributed by atoms with van der Waals surface area (Å²) in [4.78, 5) is 29.5. The Labute approximate surface area is 234 Å². The van der Waals surface area contributed by atoms with Crippen LogP contribution in [0.1, 0.15) is 69.6 Å². The molecule has 1 unspecified atom stereocenters. The van der Waals surface area contributed by atoms with E-state index in [4.69, 9.17) is 4.74 Å². The monoisotopic (exact) mass is 575 g/mol. The largest absolute Gasteiger partial charge is 0.494 e. The lowest BCUT2D eigenvalue weighted by atomic mass is 9.92. The summed E-state index contributed by atoms with van der Waals surface area (Å²) in [6.45, 7) is 0. The summed E-state index contributed by atoms with van der Waals surface area (Å²) >= 11 is 1.58. The molecule has 2 aliphatic carbocycles. The van der Waals surface area contributed by atoms with Crippen LogP contribution in [0, 0.1) is 11.3 Å². The van der Waals surface area contributed by atoms with Gasteiger partial charge in [-0.15, -0.1) is 11.3 Å². The van der Waals surface area contributed by atoms with Crippen LogP contribution in [0.2, 0.25) is 0 Å². The molecule has 11 heteroatoms. The number of fused-ring (bicyclic) bond motifs is 2. The van der Waals surface area contributed by atoms with Gasteiger partial charge in [0.2, 0.25) is 15.5 Å². The smallest absolute Gasteiger partial charge is 0.341 e. The van der Waals surface area contributed by atoms with Crippen LogP contribution in [0.3, 0.4) is 0 Å². The predicted octanol–water partition coefficient (Wildman–Crippen LogP) is 5.07. The number of aryl methyl sites for hydroxylation is 1. The van der Waals surface area contributed by atoms with Gasteiger partial charge in [-0.3, -0.25) is 4.79 Å². The van der Waals surface area contributed by atoms with Gasteiger partial charge in [0.25, 0.3) is 0 Å². The fraction of sp³-hybridized carbons (Fsp3) is 0.276. The molecule has 2 aliphatic rings. The van der Waals surface area contributed by atoms with Crippen LogP contribution in [0.15, 0.2) is 52.3 Å². The number of thiophene rings is 1. The van der Waals surface area contributed by atoms with Crippen LogP contribution in [0.25, 0.3) is 21.3 Å². The Balaban J connectivity index is 1.47. The Morgan fingerprint density at radius 2 is 1.98 bits per heavy atom. The van der Waals surface area contributed by atoms with Crippen molar-refractivity contribution in [3.8, 4) is 22.3 Å². The van der Waals surface area contributed by atoms with Crippen molar-refractivity contribution in [1.29, 1.82) is 5.26 Å². The lowest BCUT2D eigenvalue weighted by molar-refractivity contribution is 0.0695. The number of H-pyrrole nitrogens is 1. The number of aromatic nitrogens is 1. The van der Waals surface area contributed by atoms with E-state index in [2.05, 4.69) is 9.71 Å². The summed E-state index contributed by atoms with van der Waals surface area (Å²) < 4.78 is 35.3. The molecule has 3 N–H and O–H groups in total. The van der Waals surface area contributed by atoms with Gasteiger partial charge in [0.1, 0.15) is 11.6 Å². The number of nitrogens with zero attached hydrogens (tertiary/aromatic N) is 1. The minimum atomic E-state index is -3.95. The third kappa shape index (κ3) is 4.38. The number of aromatic carboxylic acids is 1. The number of hydrogen-bond acceptors (Lipinski definition) is 7. The van der Waals surface area contributed by atoms with E-state index in [0.29, 0.717) is 17.7 Å². The van der Waals surface area contributed by atoms with Gasteiger partial charge in [-0.1, -0.05) is 12.1 Å². The SMILES string of the molecule is COc1c(-c2cc3c(s2)CCCC3NS(=O)(=O)c2ccccc2C#N)c(C2CC2)cc2c(=O)c(C(=O)O)c[nH]c12. The number of pyridine rings is 1. The van der Waals surface area contributed by atoms with E-state index in [1.54, 1.807) is 29.5 Å². The average molecular weight is 576 g/mol. The van der Waals surface area contributed by atoms with E-state index in [-0.39, 0.29) is 27.3 Å². The van der Waals surface area contributed by atoms with Gasteiger partial charge in [-0.2, -0.15) is 5.26 Å². The molecule has 2 aromatic heterocycles. The number of sulfonamides is 1. The fourth-order valence-electron chi connectivity index (χ4n) is 5.53. The van der Waals surface area contributed by atoms with E-state index in [0.717, 1.165) is 52.1 Å². The highest BCUT2D eigenvalue weighted by Crippen LogP contribution is 2.52. The minimum absolute atomic E-state index is 0.0445. The first-order valence-electron chi connectivity index (χ1n) is 12.9. The molecule has 9 nitrogen and oxygen atoms in total. The summed E-state index contributed by atoms with van der Waals surface area (Å²) in [5.41, 5.74) is 2.28. The third-order valence-corrected chi connectivity index (χ3v) is 10.3. The molecule has 40 heavy (non-hydrogen) atoms. The average Bonchev–Trinajstić information content (AvgIpc) is 3.70. The predicted molar refractivity (Wildman–Crippen MR) is 151 cm³/mol. The second-order valence-corrected chi connectivity index (χ2v) is 12.9. The Kier molecular flexibility index (Phi) is 6.49. The van der Waals surface area contributed by atoms with E-state index in [1.807, 2.05) is 12.1 Å². The van der Waals surface area contributed by atoms with Gasteiger partial charge < -0.3 is 14.8 Å².